The molecule has 0 atom stereocenters. The summed E-state index contributed by atoms with van der Waals surface area (Å²) in [6.45, 7) is 8.56. The molecule has 0 aliphatic rings. The Balaban J connectivity index is 2.86. The summed E-state index contributed by atoms with van der Waals surface area (Å²) in [7, 11) is 0. The normalized spacial score (nSPS) is 10.4. The quantitative estimate of drug-likeness (QED) is 0.741. The van der Waals surface area contributed by atoms with Crippen LogP contribution in [0.5, 0.6) is 0 Å². The van der Waals surface area contributed by atoms with E-state index in [1.54, 1.807) is 12.4 Å². The van der Waals surface area contributed by atoms with Crippen molar-refractivity contribution in [1.29, 1.82) is 0 Å². The lowest BCUT2D eigenvalue weighted by Crippen LogP contribution is -2.31. The maximum atomic E-state index is 8.85. The molecule has 0 radical (unpaired) electrons. The van der Waals surface area contributed by atoms with Crippen LogP contribution in [0.25, 0.3) is 0 Å². The molecule has 0 saturated heterocycles. The molecule has 0 amide bonds. The van der Waals surface area contributed by atoms with Crippen molar-refractivity contribution in [3.05, 3.63) is 30.7 Å². The van der Waals surface area contributed by atoms with E-state index >= 15 is 0 Å². The highest BCUT2D eigenvalue weighted by atomic mass is 16.3. The second-order valence-electron chi connectivity index (χ2n) is 3.56. The van der Waals surface area contributed by atoms with Crippen molar-refractivity contribution < 1.29 is 5.11 Å². The summed E-state index contributed by atoms with van der Waals surface area (Å²) in [4.78, 5) is 10.4. The van der Waals surface area contributed by atoms with Gasteiger partial charge in [0.15, 0.2) is 0 Å². The van der Waals surface area contributed by atoms with Crippen LogP contribution in [0.1, 0.15) is 19.5 Å². The molecule has 82 valence electrons. The monoisotopic (exact) mass is 207 g/mol. The first-order valence-corrected chi connectivity index (χ1v) is 4.98. The fourth-order valence-electron chi connectivity index (χ4n) is 1.29. The molecule has 1 heterocycles. The number of aliphatic hydroxyl groups is 1. The Bertz CT molecular complexity index is 308. The molecule has 0 bridgehead atoms. The maximum Gasteiger partial charge on any atom is 0.147 e. The third-order valence-electron chi connectivity index (χ3n) is 2.10. The Morgan fingerprint density at radius 1 is 1.47 bits per heavy atom. The van der Waals surface area contributed by atoms with Gasteiger partial charge in [-0.1, -0.05) is 6.08 Å². The summed E-state index contributed by atoms with van der Waals surface area (Å²) >= 11 is 0. The van der Waals surface area contributed by atoms with Gasteiger partial charge >= 0.3 is 0 Å². The van der Waals surface area contributed by atoms with Gasteiger partial charge in [-0.05, 0) is 13.8 Å². The smallest absolute Gasteiger partial charge is 0.147 e. The van der Waals surface area contributed by atoms with Gasteiger partial charge in [0, 0.05) is 12.6 Å². The van der Waals surface area contributed by atoms with Crippen LogP contribution in [-0.2, 0) is 6.61 Å². The van der Waals surface area contributed by atoms with Gasteiger partial charge in [0.2, 0.25) is 0 Å². The Kier molecular flexibility index (Phi) is 4.24. The van der Waals surface area contributed by atoms with E-state index in [1.165, 1.54) is 0 Å². The van der Waals surface area contributed by atoms with Gasteiger partial charge < -0.3 is 10.0 Å². The second-order valence-corrected chi connectivity index (χ2v) is 3.56. The lowest BCUT2D eigenvalue weighted by Gasteiger charge is -2.26. The summed E-state index contributed by atoms with van der Waals surface area (Å²) in [5.41, 5.74) is 0.584. The van der Waals surface area contributed by atoms with Gasteiger partial charge in [0.25, 0.3) is 0 Å². The SMILES string of the molecule is C=CCN(c1cnc(CO)cn1)C(C)C. The molecule has 4 nitrogen and oxygen atoms in total. The van der Waals surface area contributed by atoms with Gasteiger partial charge in [-0.25, -0.2) is 4.98 Å². The van der Waals surface area contributed by atoms with Gasteiger partial charge in [0.05, 0.1) is 24.7 Å². The number of rotatable bonds is 5. The first kappa shape index (κ1) is 11.7. The van der Waals surface area contributed by atoms with Crippen molar-refractivity contribution in [2.75, 3.05) is 11.4 Å². The van der Waals surface area contributed by atoms with Crippen LogP contribution in [0.2, 0.25) is 0 Å². The molecule has 1 aromatic heterocycles. The number of aromatic nitrogens is 2. The van der Waals surface area contributed by atoms with E-state index in [2.05, 4.69) is 35.3 Å². The summed E-state index contributed by atoms with van der Waals surface area (Å²) in [6.07, 6.45) is 5.10. The fraction of sp³-hybridized carbons (Fsp3) is 0.455. The van der Waals surface area contributed by atoms with Crippen molar-refractivity contribution in [2.24, 2.45) is 0 Å². The number of aliphatic hydroxyl groups excluding tert-OH is 1. The van der Waals surface area contributed by atoms with E-state index in [1.807, 2.05) is 6.08 Å². The van der Waals surface area contributed by atoms with E-state index in [-0.39, 0.29) is 6.61 Å². The lowest BCUT2D eigenvalue weighted by atomic mass is 10.3. The zero-order chi connectivity index (χ0) is 11.3. The molecule has 0 spiro atoms. The molecule has 15 heavy (non-hydrogen) atoms. The Morgan fingerprint density at radius 3 is 2.60 bits per heavy atom. The Labute approximate surface area is 90.3 Å². The van der Waals surface area contributed by atoms with Crippen LogP contribution in [0.4, 0.5) is 5.82 Å². The van der Waals surface area contributed by atoms with Crippen LogP contribution in [-0.4, -0.2) is 27.7 Å². The average Bonchev–Trinajstić information content (AvgIpc) is 2.26. The third kappa shape index (κ3) is 3.02. The zero-order valence-corrected chi connectivity index (χ0v) is 9.22. The Hall–Kier alpha value is -1.42. The third-order valence-corrected chi connectivity index (χ3v) is 2.10. The van der Waals surface area contributed by atoms with E-state index in [4.69, 9.17) is 5.11 Å². The fourth-order valence-corrected chi connectivity index (χ4v) is 1.29. The highest BCUT2D eigenvalue weighted by Crippen LogP contribution is 2.12. The number of hydrogen-bond acceptors (Lipinski definition) is 4. The van der Waals surface area contributed by atoms with Crippen LogP contribution in [0.3, 0.4) is 0 Å². The highest BCUT2D eigenvalue weighted by Gasteiger charge is 2.10. The van der Waals surface area contributed by atoms with E-state index < -0.39 is 0 Å². The van der Waals surface area contributed by atoms with E-state index in [0.717, 1.165) is 12.4 Å². The van der Waals surface area contributed by atoms with Gasteiger partial charge in [-0.15, -0.1) is 6.58 Å². The molecular weight excluding hydrogens is 190 g/mol. The average molecular weight is 207 g/mol. The first-order chi connectivity index (χ1) is 7.19. The molecule has 0 saturated carbocycles. The predicted molar refractivity (Wildman–Crippen MR) is 60.6 cm³/mol. The molecule has 1 rings (SSSR count). The summed E-state index contributed by atoms with van der Waals surface area (Å²) < 4.78 is 0. The molecule has 1 aromatic rings. The molecule has 1 N–H and O–H groups in total. The largest absolute Gasteiger partial charge is 0.390 e. The van der Waals surface area contributed by atoms with Crippen molar-refractivity contribution in [3.8, 4) is 0 Å². The minimum Gasteiger partial charge on any atom is -0.390 e. The maximum absolute atomic E-state index is 8.85. The molecule has 0 fully saturated rings. The van der Waals surface area contributed by atoms with Crippen molar-refractivity contribution in [3.63, 3.8) is 0 Å². The molecule has 0 aliphatic heterocycles. The van der Waals surface area contributed by atoms with Crippen LogP contribution in [0, 0.1) is 0 Å². The van der Waals surface area contributed by atoms with Crippen LogP contribution in [0.15, 0.2) is 25.0 Å². The molecule has 0 aliphatic carbocycles. The zero-order valence-electron chi connectivity index (χ0n) is 9.22. The number of nitrogens with zero attached hydrogens (tertiary/aromatic N) is 3. The van der Waals surface area contributed by atoms with Crippen molar-refractivity contribution in [1.82, 2.24) is 9.97 Å². The van der Waals surface area contributed by atoms with Gasteiger partial charge in [0.1, 0.15) is 5.82 Å². The standard InChI is InChI=1S/C11H17N3O/c1-4-5-14(9(2)3)11-7-12-10(8-15)6-13-11/h4,6-7,9,15H,1,5,8H2,2-3H3. The number of anilines is 1. The summed E-state index contributed by atoms with van der Waals surface area (Å²) in [5, 5.41) is 8.85. The summed E-state index contributed by atoms with van der Waals surface area (Å²) in [6, 6.07) is 0.345. The molecule has 0 aromatic carbocycles. The Morgan fingerprint density at radius 2 is 2.20 bits per heavy atom. The predicted octanol–water partition coefficient (Wildman–Crippen LogP) is 1.37. The molecular formula is C11H17N3O. The second kappa shape index (κ2) is 5.46. The molecule has 0 unspecified atom stereocenters. The summed E-state index contributed by atoms with van der Waals surface area (Å²) in [5.74, 6) is 0.808. The minimum absolute atomic E-state index is 0.0730. The molecule has 4 heteroatoms. The first-order valence-electron chi connectivity index (χ1n) is 4.98. The minimum atomic E-state index is -0.0730. The van der Waals surface area contributed by atoms with Gasteiger partial charge in [-0.3, -0.25) is 4.98 Å². The van der Waals surface area contributed by atoms with Gasteiger partial charge in [-0.2, -0.15) is 0 Å². The van der Waals surface area contributed by atoms with Crippen molar-refractivity contribution >= 4 is 5.82 Å². The van der Waals surface area contributed by atoms with E-state index in [9.17, 15) is 0 Å². The van der Waals surface area contributed by atoms with E-state index in [0.29, 0.717) is 11.7 Å². The topological polar surface area (TPSA) is 49.2 Å². The van der Waals surface area contributed by atoms with Crippen molar-refractivity contribution in [2.45, 2.75) is 26.5 Å². The van der Waals surface area contributed by atoms with Crippen LogP contribution < -0.4 is 4.90 Å². The highest BCUT2D eigenvalue weighted by molar-refractivity contribution is 5.37. The lowest BCUT2D eigenvalue weighted by molar-refractivity contribution is 0.276. The van der Waals surface area contributed by atoms with Crippen LogP contribution >= 0.6 is 0 Å². The number of hydrogen-bond donors (Lipinski definition) is 1.